The number of hydrogen-bond donors (Lipinski definition) is 2. The first-order valence-corrected chi connectivity index (χ1v) is 9.00. The van der Waals surface area contributed by atoms with Gasteiger partial charge in [-0.25, -0.2) is 4.99 Å². The Hall–Kier alpha value is -1.46. The first kappa shape index (κ1) is 23.6. The number of benzene rings is 1. The van der Waals surface area contributed by atoms with Crippen LogP contribution in [0.15, 0.2) is 29.3 Å². The van der Waals surface area contributed by atoms with Crippen molar-refractivity contribution in [3.05, 3.63) is 39.9 Å². The summed E-state index contributed by atoms with van der Waals surface area (Å²) in [6.07, 6.45) is 0. The molecule has 0 aliphatic carbocycles. The number of nitro benzene ring substituents is 1. The van der Waals surface area contributed by atoms with Gasteiger partial charge in [0.15, 0.2) is 5.96 Å². The van der Waals surface area contributed by atoms with Crippen molar-refractivity contribution < 1.29 is 9.66 Å². The van der Waals surface area contributed by atoms with Crippen molar-refractivity contribution in [2.24, 2.45) is 4.99 Å². The van der Waals surface area contributed by atoms with E-state index in [0.29, 0.717) is 6.54 Å². The van der Waals surface area contributed by atoms with E-state index in [4.69, 9.17) is 4.74 Å². The van der Waals surface area contributed by atoms with Crippen LogP contribution in [0.5, 0.6) is 0 Å². The van der Waals surface area contributed by atoms with Crippen LogP contribution in [0.3, 0.4) is 0 Å². The lowest BCUT2D eigenvalue weighted by Gasteiger charge is -2.41. The summed E-state index contributed by atoms with van der Waals surface area (Å²) in [5.74, 6) is 0.743. The number of guanidine groups is 1. The molecule has 2 rings (SSSR count). The average Bonchev–Trinajstić information content (AvgIpc) is 2.65. The molecule has 1 saturated heterocycles. The standard InChI is InChI=1S/C18H29N5O3.HI/c1-4-19-17(20-13-15-5-7-16(8-6-15)23(24)25)21-14-18(2,3)22-9-11-26-12-10-22;/h5-8H,4,9-14H2,1-3H3,(H2,19,20,21);1H. The molecule has 9 heteroatoms. The molecular formula is C18H30IN5O3. The Morgan fingerprint density at radius 1 is 1.26 bits per heavy atom. The van der Waals surface area contributed by atoms with E-state index in [9.17, 15) is 10.1 Å². The van der Waals surface area contributed by atoms with Crippen molar-refractivity contribution in [2.75, 3.05) is 39.4 Å². The fourth-order valence-electron chi connectivity index (χ4n) is 2.82. The second-order valence-corrected chi connectivity index (χ2v) is 6.88. The highest BCUT2D eigenvalue weighted by molar-refractivity contribution is 14.0. The normalized spacial score (nSPS) is 15.7. The Morgan fingerprint density at radius 2 is 1.89 bits per heavy atom. The molecule has 2 N–H and O–H groups in total. The molecule has 1 aliphatic rings. The van der Waals surface area contributed by atoms with Gasteiger partial charge in [-0.05, 0) is 26.3 Å². The summed E-state index contributed by atoms with van der Waals surface area (Å²) in [6, 6.07) is 6.49. The Morgan fingerprint density at radius 3 is 2.44 bits per heavy atom. The number of halogens is 1. The Kier molecular flexibility index (Phi) is 9.95. The molecule has 1 aromatic rings. The highest BCUT2D eigenvalue weighted by atomic mass is 127. The van der Waals surface area contributed by atoms with E-state index in [2.05, 4.69) is 34.4 Å². The molecule has 0 radical (unpaired) electrons. The third-order valence-electron chi connectivity index (χ3n) is 4.47. The van der Waals surface area contributed by atoms with Crippen LogP contribution >= 0.6 is 24.0 Å². The third-order valence-corrected chi connectivity index (χ3v) is 4.47. The van der Waals surface area contributed by atoms with Crippen molar-refractivity contribution in [1.82, 2.24) is 15.5 Å². The fraction of sp³-hybridized carbons (Fsp3) is 0.611. The van der Waals surface area contributed by atoms with E-state index >= 15 is 0 Å². The number of aliphatic imine (C=N–C) groups is 1. The molecular weight excluding hydrogens is 461 g/mol. The lowest BCUT2D eigenvalue weighted by molar-refractivity contribution is -0.384. The first-order chi connectivity index (χ1) is 12.4. The Labute approximate surface area is 177 Å². The molecule has 0 aromatic heterocycles. The molecule has 1 aliphatic heterocycles. The Bertz CT molecular complexity index is 616. The first-order valence-electron chi connectivity index (χ1n) is 9.00. The second-order valence-electron chi connectivity index (χ2n) is 6.88. The molecule has 152 valence electrons. The molecule has 0 atom stereocenters. The molecule has 8 nitrogen and oxygen atoms in total. The van der Waals surface area contributed by atoms with Gasteiger partial charge in [-0.2, -0.15) is 0 Å². The summed E-state index contributed by atoms with van der Waals surface area (Å²) in [4.78, 5) is 17.3. The summed E-state index contributed by atoms with van der Waals surface area (Å²) in [5.41, 5.74) is 1.02. The lowest BCUT2D eigenvalue weighted by Crippen LogP contribution is -2.56. The second kappa shape index (κ2) is 11.4. The van der Waals surface area contributed by atoms with Gasteiger partial charge in [0.05, 0.1) is 24.7 Å². The van der Waals surface area contributed by atoms with Crippen molar-refractivity contribution in [3.8, 4) is 0 Å². The van der Waals surface area contributed by atoms with Crippen LogP contribution in [0.4, 0.5) is 5.69 Å². The molecule has 0 bridgehead atoms. The predicted molar refractivity (Wildman–Crippen MR) is 118 cm³/mol. The highest BCUT2D eigenvalue weighted by Gasteiger charge is 2.28. The van der Waals surface area contributed by atoms with E-state index in [1.807, 2.05) is 6.92 Å². The minimum absolute atomic E-state index is 0. The van der Waals surface area contributed by atoms with Crippen LogP contribution < -0.4 is 10.6 Å². The lowest BCUT2D eigenvalue weighted by atomic mass is 10.0. The Balaban J connectivity index is 0.00000364. The van der Waals surface area contributed by atoms with Gasteiger partial charge in [0, 0.05) is 43.9 Å². The molecule has 0 spiro atoms. The van der Waals surface area contributed by atoms with Crippen LogP contribution in [-0.4, -0.2) is 60.7 Å². The monoisotopic (exact) mass is 491 g/mol. The predicted octanol–water partition coefficient (Wildman–Crippen LogP) is 2.38. The maximum Gasteiger partial charge on any atom is 0.269 e. The fourth-order valence-corrected chi connectivity index (χ4v) is 2.82. The van der Waals surface area contributed by atoms with E-state index in [1.54, 1.807) is 12.1 Å². The molecule has 1 aromatic carbocycles. The van der Waals surface area contributed by atoms with E-state index < -0.39 is 4.92 Å². The maximum atomic E-state index is 10.7. The number of nitrogens with zero attached hydrogens (tertiary/aromatic N) is 3. The molecule has 1 fully saturated rings. The average molecular weight is 491 g/mol. The zero-order chi connectivity index (χ0) is 19.0. The van der Waals surface area contributed by atoms with Crippen LogP contribution in [0.2, 0.25) is 0 Å². The molecule has 0 unspecified atom stereocenters. The minimum atomic E-state index is -0.396. The highest BCUT2D eigenvalue weighted by Crippen LogP contribution is 2.15. The number of rotatable bonds is 7. The summed E-state index contributed by atoms with van der Waals surface area (Å²) in [5, 5.41) is 17.4. The van der Waals surface area contributed by atoms with Crippen LogP contribution in [0, 0.1) is 10.1 Å². The zero-order valence-electron chi connectivity index (χ0n) is 16.2. The van der Waals surface area contributed by atoms with Crippen LogP contribution in [0.1, 0.15) is 26.3 Å². The smallest absolute Gasteiger partial charge is 0.269 e. The third kappa shape index (κ3) is 7.59. The quantitative estimate of drug-likeness (QED) is 0.200. The number of nitro groups is 1. The van der Waals surface area contributed by atoms with E-state index in [0.717, 1.165) is 50.9 Å². The summed E-state index contributed by atoms with van der Waals surface area (Å²) >= 11 is 0. The number of non-ortho nitro benzene ring substituents is 1. The summed E-state index contributed by atoms with van der Waals surface area (Å²) in [6.45, 7) is 11.9. The minimum Gasteiger partial charge on any atom is -0.379 e. The van der Waals surface area contributed by atoms with E-state index in [-0.39, 0.29) is 35.2 Å². The van der Waals surface area contributed by atoms with Gasteiger partial charge in [0.2, 0.25) is 0 Å². The van der Waals surface area contributed by atoms with Gasteiger partial charge in [-0.1, -0.05) is 12.1 Å². The van der Waals surface area contributed by atoms with Gasteiger partial charge >= 0.3 is 0 Å². The number of hydrogen-bond acceptors (Lipinski definition) is 5. The topological polar surface area (TPSA) is 92.0 Å². The van der Waals surface area contributed by atoms with Gasteiger partial charge in [-0.15, -0.1) is 24.0 Å². The summed E-state index contributed by atoms with van der Waals surface area (Å²) in [7, 11) is 0. The molecule has 0 amide bonds. The largest absolute Gasteiger partial charge is 0.379 e. The van der Waals surface area contributed by atoms with Gasteiger partial charge in [0.25, 0.3) is 5.69 Å². The van der Waals surface area contributed by atoms with E-state index in [1.165, 1.54) is 12.1 Å². The van der Waals surface area contributed by atoms with Crippen molar-refractivity contribution in [3.63, 3.8) is 0 Å². The van der Waals surface area contributed by atoms with Gasteiger partial charge < -0.3 is 15.4 Å². The van der Waals surface area contributed by atoms with Crippen molar-refractivity contribution in [2.45, 2.75) is 32.9 Å². The van der Waals surface area contributed by atoms with Crippen molar-refractivity contribution >= 4 is 35.6 Å². The van der Waals surface area contributed by atoms with Crippen molar-refractivity contribution in [1.29, 1.82) is 0 Å². The maximum absolute atomic E-state index is 10.7. The van der Waals surface area contributed by atoms with Gasteiger partial charge in [0.1, 0.15) is 0 Å². The molecule has 1 heterocycles. The number of morpholine rings is 1. The number of ether oxygens (including phenoxy) is 1. The zero-order valence-corrected chi connectivity index (χ0v) is 18.6. The summed E-state index contributed by atoms with van der Waals surface area (Å²) < 4.78 is 5.43. The van der Waals surface area contributed by atoms with Crippen LogP contribution in [0.25, 0.3) is 0 Å². The van der Waals surface area contributed by atoms with Gasteiger partial charge in [-0.3, -0.25) is 15.0 Å². The van der Waals surface area contributed by atoms with Crippen LogP contribution in [-0.2, 0) is 11.3 Å². The molecule has 0 saturated carbocycles. The molecule has 27 heavy (non-hydrogen) atoms. The SMILES string of the molecule is CCNC(=NCc1ccc([N+](=O)[O-])cc1)NCC(C)(C)N1CCOCC1.I. The number of nitrogens with one attached hydrogen (secondary N) is 2.